The Hall–Kier alpha value is -2.63. The molecule has 0 radical (unpaired) electrons. The minimum atomic E-state index is -0.797. The third-order valence-corrected chi connectivity index (χ3v) is 4.92. The van der Waals surface area contributed by atoms with E-state index >= 15 is 0 Å². The number of carboxylic acids is 1. The van der Waals surface area contributed by atoms with Crippen molar-refractivity contribution in [2.24, 2.45) is 11.8 Å². The third-order valence-electron chi connectivity index (χ3n) is 4.92. The summed E-state index contributed by atoms with van der Waals surface area (Å²) in [7, 11) is 0. The number of aromatic nitrogens is 1. The monoisotopic (exact) mass is 356 g/mol. The highest BCUT2D eigenvalue weighted by molar-refractivity contribution is 5.80. The molecule has 1 fully saturated rings. The zero-order valence-electron chi connectivity index (χ0n) is 14.9. The predicted octanol–water partition coefficient (Wildman–Crippen LogP) is 3.20. The van der Waals surface area contributed by atoms with Gasteiger partial charge in [0.25, 0.3) is 0 Å². The van der Waals surface area contributed by atoms with Gasteiger partial charge >= 0.3 is 5.97 Å². The average Bonchev–Trinajstić information content (AvgIpc) is 3.11. The van der Waals surface area contributed by atoms with Gasteiger partial charge in [-0.25, -0.2) is 4.98 Å². The molecular formula is C20H24N2O4. The summed E-state index contributed by atoms with van der Waals surface area (Å²) >= 11 is 0. The van der Waals surface area contributed by atoms with E-state index in [4.69, 9.17) is 9.52 Å². The topological polar surface area (TPSA) is 92.4 Å². The van der Waals surface area contributed by atoms with Gasteiger partial charge in [-0.1, -0.05) is 24.1 Å². The smallest absolute Gasteiger partial charge is 0.306 e. The number of carbonyl (C=O) groups excluding carboxylic acids is 1. The van der Waals surface area contributed by atoms with Crippen molar-refractivity contribution in [3.63, 3.8) is 0 Å². The lowest BCUT2D eigenvalue weighted by atomic mass is 9.81. The van der Waals surface area contributed by atoms with E-state index in [0.29, 0.717) is 31.7 Å². The van der Waals surface area contributed by atoms with E-state index in [9.17, 15) is 9.59 Å². The van der Waals surface area contributed by atoms with Crippen LogP contribution in [0.1, 0.15) is 36.9 Å². The molecule has 0 aliphatic heterocycles. The summed E-state index contributed by atoms with van der Waals surface area (Å²) in [5.74, 6) is -0.882. The molecule has 26 heavy (non-hydrogen) atoms. The summed E-state index contributed by atoms with van der Waals surface area (Å²) in [5.41, 5.74) is 2.89. The maximum Gasteiger partial charge on any atom is 0.306 e. The molecule has 6 heteroatoms. The highest BCUT2D eigenvalue weighted by Gasteiger charge is 2.30. The molecule has 1 amide bonds. The quantitative estimate of drug-likeness (QED) is 0.829. The second kappa shape index (κ2) is 8.17. The molecule has 2 atom stereocenters. The van der Waals surface area contributed by atoms with E-state index in [1.807, 2.05) is 31.2 Å². The fourth-order valence-corrected chi connectivity index (χ4v) is 3.36. The van der Waals surface area contributed by atoms with E-state index in [-0.39, 0.29) is 11.8 Å². The molecule has 138 valence electrons. The van der Waals surface area contributed by atoms with Crippen LogP contribution in [0.2, 0.25) is 0 Å². The minimum Gasteiger partial charge on any atom is -0.481 e. The molecule has 1 saturated carbocycles. The van der Waals surface area contributed by atoms with Gasteiger partial charge in [-0.2, -0.15) is 0 Å². The summed E-state index contributed by atoms with van der Waals surface area (Å²) in [6, 6.07) is 7.95. The first-order valence-corrected chi connectivity index (χ1v) is 9.05. The van der Waals surface area contributed by atoms with Crippen LogP contribution in [0.5, 0.6) is 0 Å². The van der Waals surface area contributed by atoms with Gasteiger partial charge in [-0.3, -0.25) is 9.59 Å². The van der Waals surface area contributed by atoms with Crippen LogP contribution in [0, 0.1) is 18.8 Å². The Labute approximate surface area is 152 Å². The van der Waals surface area contributed by atoms with Gasteiger partial charge in [0.15, 0.2) is 0 Å². The van der Waals surface area contributed by atoms with Crippen molar-refractivity contribution in [1.29, 1.82) is 0 Å². The van der Waals surface area contributed by atoms with Crippen LogP contribution in [0.15, 0.2) is 34.9 Å². The van der Waals surface area contributed by atoms with E-state index in [1.54, 1.807) is 6.26 Å². The standard InChI is InChI=1S/C20H24N2O4/c1-13-5-7-14(8-6-13)19-22-17(12-26-19)9-10-21-18(23)15-3-2-4-16(11-15)20(24)25/h5-8,12,15-16H,2-4,9-11H2,1H3,(H,21,23)(H,24,25). The Kier molecular flexibility index (Phi) is 5.71. The Balaban J connectivity index is 1.48. The van der Waals surface area contributed by atoms with Crippen molar-refractivity contribution in [3.05, 3.63) is 41.8 Å². The summed E-state index contributed by atoms with van der Waals surface area (Å²) in [4.78, 5) is 27.8. The molecule has 6 nitrogen and oxygen atoms in total. The van der Waals surface area contributed by atoms with Gasteiger partial charge in [-0.15, -0.1) is 0 Å². The lowest BCUT2D eigenvalue weighted by Crippen LogP contribution is -2.36. The normalized spacial score (nSPS) is 19.9. The van der Waals surface area contributed by atoms with E-state index in [1.165, 1.54) is 5.56 Å². The maximum atomic E-state index is 12.3. The van der Waals surface area contributed by atoms with Crippen molar-refractivity contribution in [2.75, 3.05) is 6.54 Å². The van der Waals surface area contributed by atoms with Crippen molar-refractivity contribution < 1.29 is 19.1 Å². The molecule has 0 bridgehead atoms. The van der Waals surface area contributed by atoms with Crippen molar-refractivity contribution in [2.45, 2.75) is 39.0 Å². The number of aryl methyl sites for hydroxylation is 1. The molecule has 1 aliphatic carbocycles. The molecule has 0 spiro atoms. The Morgan fingerprint density at radius 3 is 2.69 bits per heavy atom. The zero-order valence-corrected chi connectivity index (χ0v) is 14.9. The molecule has 2 unspecified atom stereocenters. The van der Waals surface area contributed by atoms with Crippen LogP contribution in [-0.4, -0.2) is 28.5 Å². The van der Waals surface area contributed by atoms with E-state index in [0.717, 1.165) is 24.1 Å². The molecule has 1 aliphatic rings. The maximum absolute atomic E-state index is 12.3. The SMILES string of the molecule is Cc1ccc(-c2nc(CCNC(=O)C3CCCC(C(=O)O)C3)co2)cc1. The van der Waals surface area contributed by atoms with Crippen LogP contribution in [0.3, 0.4) is 0 Å². The van der Waals surface area contributed by atoms with Gasteiger partial charge in [0.05, 0.1) is 11.6 Å². The second-order valence-corrected chi connectivity index (χ2v) is 6.95. The molecule has 2 aromatic rings. The largest absolute Gasteiger partial charge is 0.481 e. The lowest BCUT2D eigenvalue weighted by Gasteiger charge is -2.25. The third kappa shape index (κ3) is 4.50. The number of benzene rings is 1. The Morgan fingerprint density at radius 1 is 1.23 bits per heavy atom. The van der Waals surface area contributed by atoms with Gasteiger partial charge in [0, 0.05) is 24.4 Å². The Morgan fingerprint density at radius 2 is 1.96 bits per heavy atom. The number of carboxylic acid groups (broad SMARTS) is 1. The first kappa shape index (κ1) is 18.2. The summed E-state index contributed by atoms with van der Waals surface area (Å²) in [6.07, 6.45) is 4.84. The van der Waals surface area contributed by atoms with Crippen LogP contribution < -0.4 is 5.32 Å². The van der Waals surface area contributed by atoms with Gasteiger partial charge < -0.3 is 14.8 Å². The first-order valence-electron chi connectivity index (χ1n) is 9.05. The number of nitrogens with zero attached hydrogens (tertiary/aromatic N) is 1. The fourth-order valence-electron chi connectivity index (χ4n) is 3.36. The minimum absolute atomic E-state index is 0.0572. The van der Waals surface area contributed by atoms with Crippen molar-refractivity contribution in [1.82, 2.24) is 10.3 Å². The lowest BCUT2D eigenvalue weighted by molar-refractivity contribution is -0.144. The van der Waals surface area contributed by atoms with E-state index in [2.05, 4.69) is 10.3 Å². The molecule has 0 saturated heterocycles. The summed E-state index contributed by atoms with van der Waals surface area (Å²) < 4.78 is 5.52. The molecular weight excluding hydrogens is 332 g/mol. The van der Waals surface area contributed by atoms with Crippen LogP contribution in [0.25, 0.3) is 11.5 Å². The van der Waals surface area contributed by atoms with Gasteiger partial charge in [0.2, 0.25) is 11.8 Å². The number of nitrogens with one attached hydrogen (secondary N) is 1. The number of hydrogen-bond donors (Lipinski definition) is 2. The number of amides is 1. The number of rotatable bonds is 6. The fraction of sp³-hybridized carbons (Fsp3) is 0.450. The first-order chi connectivity index (χ1) is 12.5. The van der Waals surface area contributed by atoms with Crippen LogP contribution >= 0.6 is 0 Å². The van der Waals surface area contributed by atoms with Crippen molar-refractivity contribution >= 4 is 11.9 Å². The summed E-state index contributed by atoms with van der Waals surface area (Å²) in [5, 5.41) is 12.0. The number of aliphatic carboxylic acids is 1. The average molecular weight is 356 g/mol. The van der Waals surface area contributed by atoms with Crippen molar-refractivity contribution in [3.8, 4) is 11.5 Å². The molecule has 1 aromatic heterocycles. The highest BCUT2D eigenvalue weighted by Crippen LogP contribution is 2.29. The van der Waals surface area contributed by atoms with Crippen LogP contribution in [0.4, 0.5) is 0 Å². The predicted molar refractivity (Wildman–Crippen MR) is 96.5 cm³/mol. The number of oxazole rings is 1. The number of hydrogen-bond acceptors (Lipinski definition) is 4. The Bertz CT molecular complexity index is 766. The molecule has 1 heterocycles. The van der Waals surface area contributed by atoms with E-state index < -0.39 is 11.9 Å². The molecule has 1 aromatic carbocycles. The second-order valence-electron chi connectivity index (χ2n) is 6.95. The number of carbonyl (C=O) groups is 2. The molecule has 3 rings (SSSR count). The van der Waals surface area contributed by atoms with Gasteiger partial charge in [0.1, 0.15) is 6.26 Å². The van der Waals surface area contributed by atoms with Crippen LogP contribution in [-0.2, 0) is 16.0 Å². The molecule has 2 N–H and O–H groups in total. The van der Waals surface area contributed by atoms with Gasteiger partial charge in [-0.05, 0) is 38.3 Å². The summed E-state index contributed by atoms with van der Waals surface area (Å²) in [6.45, 7) is 2.49. The highest BCUT2D eigenvalue weighted by atomic mass is 16.4. The zero-order chi connectivity index (χ0) is 18.5.